The molecule has 4 rings (SSSR count). The molecule has 186 valence electrons. The highest BCUT2D eigenvalue weighted by atomic mass is 16.3. The number of benzene rings is 3. The number of carbonyl (C=O) groups excluding carboxylic acids is 1. The van der Waals surface area contributed by atoms with E-state index in [1.165, 1.54) is 11.6 Å². The molecule has 5 heteroatoms. The van der Waals surface area contributed by atoms with Gasteiger partial charge in [0.1, 0.15) is 23.6 Å². The van der Waals surface area contributed by atoms with E-state index in [1.807, 2.05) is 32.9 Å². The van der Waals surface area contributed by atoms with Crippen LogP contribution in [0.2, 0.25) is 0 Å². The number of allylic oxidation sites excluding steroid dienone is 2. The van der Waals surface area contributed by atoms with Crippen molar-refractivity contribution in [3.63, 3.8) is 0 Å². The number of phenols is 1. The fraction of sp³-hybridized carbons (Fsp3) is 0.290. The highest BCUT2D eigenvalue weighted by Gasteiger charge is 2.22. The molecular weight excluding hydrogens is 450 g/mol. The van der Waals surface area contributed by atoms with Gasteiger partial charge < -0.3 is 14.0 Å². The van der Waals surface area contributed by atoms with Crippen LogP contribution < -0.4 is 5.43 Å². The van der Waals surface area contributed by atoms with E-state index in [0.717, 1.165) is 51.9 Å². The molecule has 0 atom stereocenters. The van der Waals surface area contributed by atoms with E-state index in [2.05, 4.69) is 39.2 Å². The SMILES string of the molecule is CC(C)=C(C)C(=O)CC[N+](C)(C)Cc1ccc(-c2c3ccc(=O)cc-3oc3cc(O)ccc23)c(C)c1. The highest BCUT2D eigenvalue weighted by Crippen LogP contribution is 2.41. The van der Waals surface area contributed by atoms with Gasteiger partial charge >= 0.3 is 0 Å². The minimum Gasteiger partial charge on any atom is -0.508 e. The summed E-state index contributed by atoms with van der Waals surface area (Å²) in [7, 11) is 4.31. The Kier molecular flexibility index (Phi) is 6.87. The molecule has 0 aromatic heterocycles. The summed E-state index contributed by atoms with van der Waals surface area (Å²) in [4.78, 5) is 24.5. The van der Waals surface area contributed by atoms with Crippen molar-refractivity contribution in [2.75, 3.05) is 20.6 Å². The molecule has 0 bridgehead atoms. The second-order valence-corrected chi connectivity index (χ2v) is 10.6. The number of Topliss-reactive ketones (excluding diaryl/α,β-unsaturated/α-hetero) is 1. The average molecular weight is 485 g/mol. The van der Waals surface area contributed by atoms with Crippen LogP contribution in [0, 0.1) is 6.92 Å². The summed E-state index contributed by atoms with van der Waals surface area (Å²) in [5.74, 6) is 0.821. The van der Waals surface area contributed by atoms with Gasteiger partial charge in [0.05, 0.1) is 27.1 Å². The zero-order valence-corrected chi connectivity index (χ0v) is 21.9. The largest absolute Gasteiger partial charge is 0.508 e. The van der Waals surface area contributed by atoms with Crippen molar-refractivity contribution in [1.82, 2.24) is 0 Å². The van der Waals surface area contributed by atoms with Gasteiger partial charge in [-0.2, -0.15) is 0 Å². The molecule has 36 heavy (non-hydrogen) atoms. The molecule has 0 fully saturated rings. The topological polar surface area (TPSA) is 67.5 Å². The molecule has 1 aliphatic heterocycles. The van der Waals surface area contributed by atoms with Crippen LogP contribution in [0.3, 0.4) is 0 Å². The lowest BCUT2D eigenvalue weighted by Crippen LogP contribution is -2.40. The molecule has 5 nitrogen and oxygen atoms in total. The van der Waals surface area contributed by atoms with Gasteiger partial charge in [-0.3, -0.25) is 9.59 Å². The van der Waals surface area contributed by atoms with E-state index in [-0.39, 0.29) is 17.0 Å². The summed E-state index contributed by atoms with van der Waals surface area (Å²) in [6.07, 6.45) is 0.529. The Bertz CT molecular complexity index is 1520. The molecule has 0 radical (unpaired) electrons. The van der Waals surface area contributed by atoms with Crippen molar-refractivity contribution in [2.24, 2.45) is 0 Å². The van der Waals surface area contributed by atoms with Crippen LogP contribution in [0.1, 0.15) is 38.3 Å². The van der Waals surface area contributed by atoms with Crippen LogP contribution in [0.5, 0.6) is 5.75 Å². The van der Waals surface area contributed by atoms with Crippen molar-refractivity contribution >= 4 is 16.8 Å². The fourth-order valence-electron chi connectivity index (χ4n) is 4.70. The summed E-state index contributed by atoms with van der Waals surface area (Å²) >= 11 is 0. The highest BCUT2D eigenvalue weighted by molar-refractivity contribution is 6.02. The summed E-state index contributed by atoms with van der Waals surface area (Å²) in [6.45, 7) is 9.52. The Morgan fingerprint density at radius 1 is 0.944 bits per heavy atom. The number of quaternary nitrogens is 1. The monoisotopic (exact) mass is 484 g/mol. The third kappa shape index (κ3) is 5.26. The first-order chi connectivity index (χ1) is 16.9. The summed E-state index contributed by atoms with van der Waals surface area (Å²) in [6, 6.07) is 16.4. The van der Waals surface area contributed by atoms with E-state index in [0.29, 0.717) is 22.2 Å². The first kappa shape index (κ1) is 25.4. The number of hydrogen-bond acceptors (Lipinski definition) is 4. The van der Waals surface area contributed by atoms with E-state index in [4.69, 9.17) is 4.42 Å². The molecule has 0 saturated carbocycles. The minimum absolute atomic E-state index is 0.111. The lowest BCUT2D eigenvalue weighted by Gasteiger charge is -2.30. The van der Waals surface area contributed by atoms with Crippen LogP contribution in [0.15, 0.2) is 75.0 Å². The molecule has 0 unspecified atom stereocenters. The molecule has 2 aromatic rings. The Labute approximate surface area is 212 Å². The van der Waals surface area contributed by atoms with Gasteiger partial charge in [-0.15, -0.1) is 0 Å². The lowest BCUT2D eigenvalue weighted by atomic mass is 9.90. The third-order valence-corrected chi connectivity index (χ3v) is 6.96. The Hall–Kier alpha value is -3.70. The van der Waals surface area contributed by atoms with Crippen LogP contribution in [0.4, 0.5) is 0 Å². The number of rotatable bonds is 7. The zero-order chi connectivity index (χ0) is 26.2. The van der Waals surface area contributed by atoms with Crippen LogP contribution in [0.25, 0.3) is 33.4 Å². The van der Waals surface area contributed by atoms with Crippen molar-refractivity contribution < 1.29 is 18.8 Å². The number of ketones is 1. The standard InChI is InChI=1S/C31H33NO4/c1-19(2)21(4)28(35)13-14-32(5,6)18-22-7-10-25(20(3)15-22)31-26-11-8-23(33)16-29(26)36-30-17-24(34)9-12-27(30)31/h7-12,15-17H,13-14,18H2,1-6H3/p+1. The van der Waals surface area contributed by atoms with Gasteiger partial charge in [-0.25, -0.2) is 0 Å². The second-order valence-electron chi connectivity index (χ2n) is 10.6. The van der Waals surface area contributed by atoms with Crippen LogP contribution in [-0.4, -0.2) is 36.0 Å². The molecule has 0 amide bonds. The molecule has 1 aliphatic carbocycles. The van der Waals surface area contributed by atoms with Gasteiger partial charge in [-0.05, 0) is 74.7 Å². The molecule has 0 saturated heterocycles. The number of nitrogens with zero attached hydrogens (tertiary/aromatic N) is 1. The second kappa shape index (κ2) is 9.75. The lowest BCUT2D eigenvalue weighted by molar-refractivity contribution is -0.903. The predicted octanol–water partition coefficient (Wildman–Crippen LogP) is 6.47. The quantitative estimate of drug-likeness (QED) is 0.185. The summed E-state index contributed by atoms with van der Waals surface area (Å²) in [5, 5.41) is 10.9. The van der Waals surface area contributed by atoms with Gasteiger partial charge in [0.15, 0.2) is 11.2 Å². The molecule has 1 heterocycles. The molecular formula is C31H34NO4+. The number of carbonyl (C=O) groups is 1. The summed E-state index contributed by atoms with van der Waals surface area (Å²) < 4.78 is 6.69. The maximum absolute atomic E-state index is 12.5. The van der Waals surface area contributed by atoms with Gasteiger partial charge in [0, 0.05) is 34.2 Å². The van der Waals surface area contributed by atoms with Gasteiger partial charge in [0.2, 0.25) is 0 Å². The first-order valence-electron chi connectivity index (χ1n) is 12.2. The number of hydrogen-bond donors (Lipinski definition) is 1. The van der Waals surface area contributed by atoms with E-state index < -0.39 is 0 Å². The van der Waals surface area contributed by atoms with E-state index in [9.17, 15) is 14.7 Å². The van der Waals surface area contributed by atoms with E-state index in [1.54, 1.807) is 18.2 Å². The molecule has 2 aliphatic rings. The van der Waals surface area contributed by atoms with E-state index >= 15 is 0 Å². The molecule has 0 spiro atoms. The van der Waals surface area contributed by atoms with Crippen molar-refractivity contribution in [2.45, 2.75) is 40.7 Å². The van der Waals surface area contributed by atoms with Gasteiger partial charge in [-0.1, -0.05) is 17.7 Å². The number of aromatic hydroxyl groups is 1. The zero-order valence-electron chi connectivity index (χ0n) is 21.9. The third-order valence-electron chi connectivity index (χ3n) is 6.96. The maximum Gasteiger partial charge on any atom is 0.182 e. The predicted molar refractivity (Wildman–Crippen MR) is 145 cm³/mol. The number of phenolic OH excluding ortho intramolecular Hbond substituents is 1. The molecule has 2 aromatic carbocycles. The first-order valence-corrected chi connectivity index (χ1v) is 12.2. The van der Waals surface area contributed by atoms with Crippen LogP contribution in [-0.2, 0) is 11.3 Å². The summed E-state index contributed by atoms with van der Waals surface area (Å²) in [5.41, 5.74) is 7.53. The Balaban J connectivity index is 1.69. The number of fused-ring (bicyclic) bond motifs is 2. The van der Waals surface area contributed by atoms with Crippen LogP contribution >= 0.6 is 0 Å². The van der Waals surface area contributed by atoms with Crippen molar-refractivity contribution in [3.05, 3.63) is 87.1 Å². The smallest absolute Gasteiger partial charge is 0.182 e. The Morgan fingerprint density at radius 2 is 1.67 bits per heavy atom. The van der Waals surface area contributed by atoms with Crippen molar-refractivity contribution in [3.8, 4) is 28.2 Å². The minimum atomic E-state index is -0.123. The maximum atomic E-state index is 12.5. The molecule has 1 N–H and O–H groups in total. The number of aryl methyl sites for hydroxylation is 1. The fourth-order valence-corrected chi connectivity index (χ4v) is 4.70. The van der Waals surface area contributed by atoms with Gasteiger partial charge in [0.25, 0.3) is 0 Å². The average Bonchev–Trinajstić information content (AvgIpc) is 2.80. The van der Waals surface area contributed by atoms with Crippen molar-refractivity contribution in [1.29, 1.82) is 0 Å². The Morgan fingerprint density at radius 3 is 2.36 bits per heavy atom. The normalized spacial score (nSPS) is 11.7.